The van der Waals surface area contributed by atoms with Gasteiger partial charge >= 0.3 is 0 Å². The minimum absolute atomic E-state index is 0.312. The molecule has 0 saturated carbocycles. The van der Waals surface area contributed by atoms with Gasteiger partial charge in [-0.3, -0.25) is 4.79 Å². The normalized spacial score (nSPS) is 20.9. The number of hydrogen-bond acceptors (Lipinski definition) is 4. The van der Waals surface area contributed by atoms with Crippen molar-refractivity contribution in [2.75, 3.05) is 37.7 Å². The van der Waals surface area contributed by atoms with Crippen LogP contribution in [0.25, 0.3) is 0 Å². The number of piperidine rings is 1. The summed E-state index contributed by atoms with van der Waals surface area (Å²) in [6.45, 7) is 3.95. The highest BCUT2D eigenvalue weighted by Crippen LogP contribution is 2.28. The van der Waals surface area contributed by atoms with E-state index in [4.69, 9.17) is 10.00 Å². The molecule has 1 aromatic carbocycles. The van der Waals surface area contributed by atoms with Crippen LogP contribution < -0.4 is 4.90 Å². The fourth-order valence-corrected chi connectivity index (χ4v) is 4.25. The molecule has 6 heteroatoms. The van der Waals surface area contributed by atoms with Gasteiger partial charge < -0.3 is 14.5 Å². The van der Waals surface area contributed by atoms with Crippen LogP contribution >= 0.6 is 0 Å². The largest absolute Gasteiger partial charge is 0.381 e. The Morgan fingerprint density at radius 3 is 2.85 bits per heavy atom. The van der Waals surface area contributed by atoms with Crippen molar-refractivity contribution in [2.45, 2.75) is 44.6 Å². The number of carbonyl (C=O) groups excluding carboxylic acids is 1. The summed E-state index contributed by atoms with van der Waals surface area (Å²) in [5, 5.41) is 8.90. The van der Waals surface area contributed by atoms with Crippen LogP contribution in [0.4, 0.5) is 10.1 Å². The Hall–Kier alpha value is -2.13. The van der Waals surface area contributed by atoms with Crippen molar-refractivity contribution in [3.8, 4) is 6.07 Å². The molecule has 1 unspecified atom stereocenters. The van der Waals surface area contributed by atoms with E-state index in [0.29, 0.717) is 23.2 Å². The van der Waals surface area contributed by atoms with E-state index in [-0.39, 0.29) is 5.82 Å². The van der Waals surface area contributed by atoms with Crippen LogP contribution in [-0.4, -0.2) is 50.2 Å². The predicted octanol–water partition coefficient (Wildman–Crippen LogP) is 3.33. The third-order valence-electron chi connectivity index (χ3n) is 5.76. The van der Waals surface area contributed by atoms with Gasteiger partial charge in [0, 0.05) is 38.9 Å². The Kier molecular flexibility index (Phi) is 7.05. The second-order valence-corrected chi connectivity index (χ2v) is 7.56. The molecule has 27 heavy (non-hydrogen) atoms. The molecule has 146 valence electrons. The molecule has 1 aromatic rings. The van der Waals surface area contributed by atoms with Gasteiger partial charge in [0.2, 0.25) is 6.41 Å². The Morgan fingerprint density at radius 2 is 2.15 bits per heavy atom. The van der Waals surface area contributed by atoms with E-state index in [0.717, 1.165) is 77.8 Å². The first-order valence-corrected chi connectivity index (χ1v) is 9.94. The van der Waals surface area contributed by atoms with Crippen molar-refractivity contribution in [2.24, 2.45) is 5.92 Å². The van der Waals surface area contributed by atoms with Crippen LogP contribution in [0.1, 0.15) is 44.1 Å². The van der Waals surface area contributed by atoms with Gasteiger partial charge in [-0.15, -0.1) is 0 Å². The van der Waals surface area contributed by atoms with Crippen molar-refractivity contribution in [3.63, 3.8) is 0 Å². The van der Waals surface area contributed by atoms with Gasteiger partial charge in [0.25, 0.3) is 0 Å². The Balaban J connectivity index is 1.49. The van der Waals surface area contributed by atoms with Gasteiger partial charge in [-0.1, -0.05) is 0 Å². The molecule has 0 aliphatic carbocycles. The molecule has 2 fully saturated rings. The van der Waals surface area contributed by atoms with Gasteiger partial charge in [0.05, 0.1) is 17.3 Å². The lowest BCUT2D eigenvalue weighted by atomic mass is 9.92. The van der Waals surface area contributed by atoms with E-state index < -0.39 is 0 Å². The molecule has 0 spiro atoms. The Labute approximate surface area is 160 Å². The maximum absolute atomic E-state index is 14.3. The minimum Gasteiger partial charge on any atom is -0.381 e. The molecule has 2 heterocycles. The van der Waals surface area contributed by atoms with E-state index in [1.807, 2.05) is 11.0 Å². The first-order valence-electron chi connectivity index (χ1n) is 9.94. The lowest BCUT2D eigenvalue weighted by Gasteiger charge is -2.35. The summed E-state index contributed by atoms with van der Waals surface area (Å²) in [6, 6.07) is 7.00. The van der Waals surface area contributed by atoms with E-state index in [9.17, 15) is 9.18 Å². The monoisotopic (exact) mass is 373 g/mol. The van der Waals surface area contributed by atoms with Gasteiger partial charge in [-0.2, -0.15) is 5.26 Å². The highest BCUT2D eigenvalue weighted by atomic mass is 19.1. The van der Waals surface area contributed by atoms with Gasteiger partial charge in [0.15, 0.2) is 0 Å². The lowest BCUT2D eigenvalue weighted by molar-refractivity contribution is -0.122. The number of amides is 1. The van der Waals surface area contributed by atoms with Gasteiger partial charge in [0.1, 0.15) is 5.82 Å². The van der Waals surface area contributed by atoms with Gasteiger partial charge in [-0.25, -0.2) is 4.39 Å². The minimum atomic E-state index is -0.318. The van der Waals surface area contributed by atoms with Crippen LogP contribution in [-0.2, 0) is 9.53 Å². The molecule has 0 N–H and O–H groups in total. The first kappa shape index (κ1) is 19.6. The number of halogens is 1. The molecule has 3 rings (SSSR count). The topological polar surface area (TPSA) is 56.6 Å². The number of hydrogen-bond donors (Lipinski definition) is 0. The predicted molar refractivity (Wildman–Crippen MR) is 102 cm³/mol. The molecule has 2 aliphatic rings. The third kappa shape index (κ3) is 5.20. The summed E-state index contributed by atoms with van der Waals surface area (Å²) in [4.78, 5) is 15.5. The molecular weight excluding hydrogens is 345 g/mol. The van der Waals surface area contributed by atoms with E-state index in [1.54, 1.807) is 12.1 Å². The maximum Gasteiger partial charge on any atom is 0.209 e. The zero-order chi connectivity index (χ0) is 19.1. The van der Waals surface area contributed by atoms with E-state index in [1.165, 1.54) is 6.07 Å². The second-order valence-electron chi connectivity index (χ2n) is 7.56. The quantitative estimate of drug-likeness (QED) is 0.688. The summed E-state index contributed by atoms with van der Waals surface area (Å²) in [5.74, 6) is 0.193. The molecule has 1 atom stereocenters. The molecule has 0 bridgehead atoms. The SMILES string of the molecule is N#Cc1ccc(N2CCCC(CCCN(C=O)C3CCOCC3)C2)c(F)c1. The molecule has 0 radical (unpaired) electrons. The summed E-state index contributed by atoms with van der Waals surface area (Å²) in [7, 11) is 0. The molecule has 2 saturated heterocycles. The van der Waals surface area contributed by atoms with Crippen molar-refractivity contribution in [3.05, 3.63) is 29.6 Å². The molecule has 0 aromatic heterocycles. The zero-order valence-corrected chi connectivity index (χ0v) is 15.8. The number of nitriles is 1. The Morgan fingerprint density at radius 1 is 1.33 bits per heavy atom. The maximum atomic E-state index is 14.3. The molecule has 2 aliphatic heterocycles. The lowest BCUT2D eigenvalue weighted by Crippen LogP contribution is -2.40. The van der Waals surface area contributed by atoms with Crippen molar-refractivity contribution >= 4 is 12.1 Å². The number of benzene rings is 1. The standard InChI is InChI=1S/C21H28FN3O2/c22-20-13-18(14-23)5-6-21(20)24-9-1-3-17(15-24)4-2-10-25(16-26)19-7-11-27-12-8-19/h5-6,13,16-17,19H,1-4,7-12,15H2. The van der Waals surface area contributed by atoms with Crippen molar-refractivity contribution in [1.29, 1.82) is 5.26 Å². The fraction of sp³-hybridized carbons (Fsp3) is 0.619. The number of ether oxygens (including phenoxy) is 1. The molecule has 5 nitrogen and oxygen atoms in total. The zero-order valence-electron chi connectivity index (χ0n) is 15.8. The summed E-state index contributed by atoms with van der Waals surface area (Å²) >= 11 is 0. The van der Waals surface area contributed by atoms with Crippen molar-refractivity contribution in [1.82, 2.24) is 4.90 Å². The van der Waals surface area contributed by atoms with Crippen LogP contribution in [0, 0.1) is 23.1 Å². The summed E-state index contributed by atoms with van der Waals surface area (Å²) in [5.41, 5.74) is 0.947. The fourth-order valence-electron chi connectivity index (χ4n) is 4.25. The Bertz CT molecular complexity index is 670. The second kappa shape index (κ2) is 9.70. The van der Waals surface area contributed by atoms with Gasteiger partial charge in [-0.05, 0) is 62.6 Å². The van der Waals surface area contributed by atoms with E-state index >= 15 is 0 Å². The number of carbonyl (C=O) groups is 1. The molecule has 1 amide bonds. The number of anilines is 1. The highest BCUT2D eigenvalue weighted by molar-refractivity contribution is 5.51. The number of nitrogens with zero attached hydrogens (tertiary/aromatic N) is 3. The summed E-state index contributed by atoms with van der Waals surface area (Å²) < 4.78 is 19.7. The van der Waals surface area contributed by atoms with Crippen molar-refractivity contribution < 1.29 is 13.9 Å². The average molecular weight is 373 g/mol. The third-order valence-corrected chi connectivity index (χ3v) is 5.76. The molecular formula is C21H28FN3O2. The highest BCUT2D eigenvalue weighted by Gasteiger charge is 2.24. The summed E-state index contributed by atoms with van der Waals surface area (Å²) in [6.07, 6.45) is 7.04. The first-order chi connectivity index (χ1) is 13.2. The van der Waals surface area contributed by atoms with Crippen LogP contribution in [0.5, 0.6) is 0 Å². The number of rotatable bonds is 7. The van der Waals surface area contributed by atoms with Crippen LogP contribution in [0.3, 0.4) is 0 Å². The van der Waals surface area contributed by atoms with Crippen LogP contribution in [0.15, 0.2) is 18.2 Å². The van der Waals surface area contributed by atoms with E-state index in [2.05, 4.69) is 4.90 Å². The van der Waals surface area contributed by atoms with Crippen LogP contribution in [0.2, 0.25) is 0 Å². The smallest absolute Gasteiger partial charge is 0.209 e. The average Bonchev–Trinajstić information content (AvgIpc) is 2.72.